The van der Waals surface area contributed by atoms with Crippen LogP contribution in [0, 0.1) is 0 Å². The van der Waals surface area contributed by atoms with Gasteiger partial charge >= 0.3 is 0 Å². The Morgan fingerprint density at radius 1 is 1.37 bits per heavy atom. The Balaban J connectivity index is 1.79. The minimum atomic E-state index is -2.79. The van der Waals surface area contributed by atoms with Crippen LogP contribution in [0.3, 0.4) is 0 Å². The maximum absolute atomic E-state index is 11.5. The van der Waals surface area contributed by atoms with Crippen LogP contribution in [-0.2, 0) is 9.84 Å². The Kier molecular flexibility index (Phi) is 4.81. The molecular formula is C12H21N3O2S2. The molecule has 0 saturated carbocycles. The first-order valence-electron chi connectivity index (χ1n) is 6.60. The third-order valence-corrected chi connectivity index (χ3v) is 5.88. The molecule has 7 heteroatoms. The van der Waals surface area contributed by atoms with Gasteiger partial charge in [-0.3, -0.25) is 4.90 Å². The van der Waals surface area contributed by atoms with Crippen LogP contribution in [0.25, 0.3) is 0 Å². The third kappa shape index (κ3) is 3.90. The van der Waals surface area contributed by atoms with Crippen molar-refractivity contribution in [2.24, 2.45) is 0 Å². The molecule has 0 radical (unpaired) electrons. The van der Waals surface area contributed by atoms with Crippen molar-refractivity contribution >= 4 is 27.2 Å². The van der Waals surface area contributed by atoms with Gasteiger partial charge in [0.05, 0.1) is 11.5 Å². The lowest BCUT2D eigenvalue weighted by atomic mass is 10.2. The second-order valence-corrected chi connectivity index (χ2v) is 7.67. The van der Waals surface area contributed by atoms with E-state index in [0.717, 1.165) is 37.7 Å². The molecular weight excluding hydrogens is 282 g/mol. The number of hydrogen-bond donors (Lipinski definition) is 1. The van der Waals surface area contributed by atoms with Gasteiger partial charge in [0, 0.05) is 38.8 Å². The van der Waals surface area contributed by atoms with Gasteiger partial charge in [-0.15, -0.1) is 6.58 Å². The van der Waals surface area contributed by atoms with Crippen LogP contribution in [0.2, 0.25) is 0 Å². The van der Waals surface area contributed by atoms with Crippen LogP contribution >= 0.6 is 12.2 Å². The lowest BCUT2D eigenvalue weighted by molar-refractivity contribution is 0.142. The van der Waals surface area contributed by atoms with Gasteiger partial charge in [-0.1, -0.05) is 6.08 Å². The van der Waals surface area contributed by atoms with E-state index in [9.17, 15) is 8.42 Å². The Labute approximate surface area is 120 Å². The highest BCUT2D eigenvalue weighted by Gasteiger charge is 2.33. The van der Waals surface area contributed by atoms with Gasteiger partial charge in [0.1, 0.15) is 0 Å². The van der Waals surface area contributed by atoms with Gasteiger partial charge in [-0.05, 0) is 18.6 Å². The molecule has 2 saturated heterocycles. The molecule has 2 rings (SSSR count). The molecule has 2 fully saturated rings. The maximum Gasteiger partial charge on any atom is 0.169 e. The summed E-state index contributed by atoms with van der Waals surface area (Å²) in [6.07, 6.45) is 2.56. The quantitative estimate of drug-likeness (QED) is 0.578. The zero-order chi connectivity index (χ0) is 13.9. The molecule has 0 spiro atoms. The summed E-state index contributed by atoms with van der Waals surface area (Å²) in [4.78, 5) is 4.43. The Morgan fingerprint density at radius 3 is 2.58 bits per heavy atom. The van der Waals surface area contributed by atoms with Gasteiger partial charge in [0.25, 0.3) is 0 Å². The largest absolute Gasteiger partial charge is 0.359 e. The van der Waals surface area contributed by atoms with Crippen LogP contribution in [0.4, 0.5) is 0 Å². The topological polar surface area (TPSA) is 52.6 Å². The van der Waals surface area contributed by atoms with E-state index in [1.165, 1.54) is 0 Å². The number of nitrogens with one attached hydrogen (secondary N) is 1. The Morgan fingerprint density at radius 2 is 2.05 bits per heavy atom. The average molecular weight is 303 g/mol. The smallest absolute Gasteiger partial charge is 0.169 e. The van der Waals surface area contributed by atoms with Crippen LogP contribution < -0.4 is 5.32 Å². The van der Waals surface area contributed by atoms with Gasteiger partial charge in [-0.2, -0.15) is 0 Å². The molecule has 1 atom stereocenters. The summed E-state index contributed by atoms with van der Waals surface area (Å²) in [5, 5.41) is 3.89. The van der Waals surface area contributed by atoms with Crippen molar-refractivity contribution in [2.45, 2.75) is 12.5 Å². The molecule has 0 aromatic heterocycles. The van der Waals surface area contributed by atoms with Crippen molar-refractivity contribution in [2.75, 3.05) is 44.2 Å². The van der Waals surface area contributed by atoms with E-state index in [1.54, 1.807) is 6.08 Å². The molecule has 2 aliphatic rings. The first-order chi connectivity index (χ1) is 9.02. The highest BCUT2D eigenvalue weighted by molar-refractivity contribution is 7.91. The van der Waals surface area contributed by atoms with E-state index in [2.05, 4.69) is 21.7 Å². The monoisotopic (exact) mass is 303 g/mol. The van der Waals surface area contributed by atoms with Crippen molar-refractivity contribution < 1.29 is 8.42 Å². The predicted molar refractivity (Wildman–Crippen MR) is 81.0 cm³/mol. The average Bonchev–Trinajstić information content (AvgIpc) is 2.76. The number of nitrogens with zero attached hydrogens (tertiary/aromatic N) is 2. The van der Waals surface area contributed by atoms with Gasteiger partial charge in [-0.25, -0.2) is 8.42 Å². The number of hydrogen-bond acceptors (Lipinski definition) is 4. The summed E-state index contributed by atoms with van der Waals surface area (Å²) in [7, 11) is -2.79. The molecule has 0 amide bonds. The first-order valence-corrected chi connectivity index (χ1v) is 8.83. The Bertz CT molecular complexity index is 442. The molecule has 0 aromatic rings. The molecule has 5 nitrogen and oxygen atoms in total. The molecule has 19 heavy (non-hydrogen) atoms. The van der Waals surface area contributed by atoms with Crippen molar-refractivity contribution in [3.8, 4) is 0 Å². The van der Waals surface area contributed by atoms with E-state index in [1.807, 2.05) is 0 Å². The lowest BCUT2D eigenvalue weighted by Gasteiger charge is -2.38. The Hall–Kier alpha value is -0.660. The normalized spacial score (nSPS) is 27.2. The third-order valence-electron chi connectivity index (χ3n) is 3.72. The zero-order valence-corrected chi connectivity index (χ0v) is 12.7. The fourth-order valence-electron chi connectivity index (χ4n) is 2.62. The van der Waals surface area contributed by atoms with Crippen molar-refractivity contribution in [1.82, 2.24) is 15.1 Å². The van der Waals surface area contributed by atoms with Gasteiger partial charge in [0.15, 0.2) is 14.9 Å². The van der Waals surface area contributed by atoms with E-state index in [4.69, 9.17) is 12.2 Å². The van der Waals surface area contributed by atoms with E-state index < -0.39 is 9.84 Å². The van der Waals surface area contributed by atoms with E-state index in [0.29, 0.717) is 18.1 Å². The number of sulfone groups is 1. The fourth-order valence-corrected chi connectivity index (χ4v) is 4.65. The highest BCUT2D eigenvalue weighted by Crippen LogP contribution is 2.19. The summed E-state index contributed by atoms with van der Waals surface area (Å²) in [6.45, 7) is 7.82. The van der Waals surface area contributed by atoms with E-state index >= 15 is 0 Å². The van der Waals surface area contributed by atoms with Crippen LogP contribution in [0.15, 0.2) is 12.7 Å². The molecule has 0 aliphatic carbocycles. The number of rotatable bonds is 3. The SMILES string of the molecule is C=CCNC(=S)N1CCN([C@H]2CCS(=O)(=O)C2)CC1. The van der Waals surface area contributed by atoms with Crippen molar-refractivity contribution in [1.29, 1.82) is 0 Å². The minimum Gasteiger partial charge on any atom is -0.359 e. The second-order valence-electron chi connectivity index (χ2n) is 5.05. The summed E-state index contributed by atoms with van der Waals surface area (Å²) in [6, 6.07) is 0.210. The highest BCUT2D eigenvalue weighted by atomic mass is 32.2. The van der Waals surface area contributed by atoms with E-state index in [-0.39, 0.29) is 6.04 Å². The molecule has 2 heterocycles. The maximum atomic E-state index is 11.5. The van der Waals surface area contributed by atoms with Crippen molar-refractivity contribution in [3.05, 3.63) is 12.7 Å². The van der Waals surface area contributed by atoms with Crippen LogP contribution in [-0.4, -0.2) is 73.6 Å². The molecule has 0 bridgehead atoms. The standard InChI is InChI=1S/C12H21N3O2S2/c1-2-4-13-12(18)15-7-5-14(6-8-15)11-3-9-19(16,17)10-11/h2,11H,1,3-10H2,(H,13,18)/t11-/m0/s1. The molecule has 0 unspecified atom stereocenters. The van der Waals surface area contributed by atoms with Crippen LogP contribution in [0.1, 0.15) is 6.42 Å². The zero-order valence-electron chi connectivity index (χ0n) is 11.0. The van der Waals surface area contributed by atoms with Gasteiger partial charge in [0.2, 0.25) is 0 Å². The number of thiocarbonyl (C=S) groups is 1. The van der Waals surface area contributed by atoms with Crippen molar-refractivity contribution in [3.63, 3.8) is 0 Å². The fraction of sp³-hybridized carbons (Fsp3) is 0.750. The molecule has 2 aliphatic heterocycles. The van der Waals surface area contributed by atoms with Gasteiger partial charge < -0.3 is 10.2 Å². The summed E-state index contributed by atoms with van der Waals surface area (Å²) in [5.74, 6) is 0.670. The number of piperazine rings is 1. The predicted octanol–water partition coefficient (Wildman–Crippen LogP) is -0.148. The molecule has 108 valence electrons. The summed E-state index contributed by atoms with van der Waals surface area (Å²) < 4.78 is 23.0. The first kappa shape index (κ1) is 14.7. The molecule has 0 aromatic carbocycles. The minimum absolute atomic E-state index is 0.210. The molecule has 1 N–H and O–H groups in total. The summed E-state index contributed by atoms with van der Waals surface area (Å²) in [5.41, 5.74) is 0. The second kappa shape index (κ2) is 6.19. The van der Waals surface area contributed by atoms with Crippen LogP contribution in [0.5, 0.6) is 0 Å². The summed E-state index contributed by atoms with van der Waals surface area (Å²) >= 11 is 5.30. The lowest BCUT2D eigenvalue weighted by Crippen LogP contribution is -2.54.